The van der Waals surface area contributed by atoms with Crippen LogP contribution >= 0.6 is 11.3 Å². The van der Waals surface area contributed by atoms with Crippen LogP contribution in [0.4, 0.5) is 0 Å². The minimum absolute atomic E-state index is 0.0437. The molecule has 1 aliphatic rings. The number of likely N-dealkylation sites (tertiary alicyclic amines) is 1. The summed E-state index contributed by atoms with van der Waals surface area (Å²) in [4.78, 5) is 42.0. The van der Waals surface area contributed by atoms with Gasteiger partial charge in [0.2, 0.25) is 5.43 Å². The molecule has 1 aliphatic heterocycles. The van der Waals surface area contributed by atoms with Crippen molar-refractivity contribution in [2.75, 3.05) is 19.6 Å². The smallest absolute Gasteiger partial charge is 0.259 e. The van der Waals surface area contributed by atoms with Gasteiger partial charge < -0.3 is 14.8 Å². The molecule has 0 bridgehead atoms. The highest BCUT2D eigenvalue weighted by Gasteiger charge is 2.24. The number of carbonyl (C=O) groups is 2. The van der Waals surface area contributed by atoms with E-state index in [-0.39, 0.29) is 23.1 Å². The molecule has 2 aromatic heterocycles. The average Bonchev–Trinajstić information content (AvgIpc) is 3.12. The number of rotatable bonds is 7. The number of carbonyl (C=O) groups excluding carboxylic acids is 2. The second kappa shape index (κ2) is 10.6. The summed E-state index contributed by atoms with van der Waals surface area (Å²) in [5, 5.41) is 4.85. The van der Waals surface area contributed by atoms with Gasteiger partial charge >= 0.3 is 0 Å². The Morgan fingerprint density at radius 3 is 2.47 bits per heavy atom. The van der Waals surface area contributed by atoms with E-state index in [4.69, 9.17) is 0 Å². The van der Waals surface area contributed by atoms with Crippen molar-refractivity contribution in [2.24, 2.45) is 0 Å². The summed E-state index contributed by atoms with van der Waals surface area (Å²) in [6.45, 7) is 5.84. The molecule has 3 rings (SSSR count). The summed E-state index contributed by atoms with van der Waals surface area (Å²) < 4.78 is 1.83. The summed E-state index contributed by atoms with van der Waals surface area (Å²) >= 11 is 1.64. The third-order valence-electron chi connectivity index (χ3n) is 5.75. The standard InChI is InChI=1S/C23H31N3O3S/c1-3-17(2)26-15-19(22(28)24-11-10-18-9-8-14-30-18)21(27)20(16-26)23(29)25-12-6-4-5-7-13-25/h8-9,14-17H,3-7,10-13H2,1-2H3,(H,24,28)/t17-/m0/s1. The van der Waals surface area contributed by atoms with E-state index in [9.17, 15) is 14.4 Å². The van der Waals surface area contributed by atoms with Crippen LogP contribution in [0.1, 0.15) is 77.6 Å². The van der Waals surface area contributed by atoms with E-state index in [1.165, 1.54) is 4.88 Å². The number of amides is 2. The van der Waals surface area contributed by atoms with Crippen molar-refractivity contribution in [3.63, 3.8) is 0 Å². The van der Waals surface area contributed by atoms with E-state index in [0.29, 0.717) is 19.6 Å². The number of nitrogens with zero attached hydrogens (tertiary/aromatic N) is 2. The number of nitrogens with one attached hydrogen (secondary N) is 1. The maximum Gasteiger partial charge on any atom is 0.259 e. The number of thiophene rings is 1. The normalized spacial score (nSPS) is 15.5. The zero-order valence-corrected chi connectivity index (χ0v) is 18.7. The van der Waals surface area contributed by atoms with E-state index in [0.717, 1.165) is 38.5 Å². The van der Waals surface area contributed by atoms with Gasteiger partial charge in [-0.1, -0.05) is 25.8 Å². The van der Waals surface area contributed by atoms with Gasteiger partial charge in [-0.05, 0) is 44.1 Å². The molecule has 3 heterocycles. The highest BCUT2D eigenvalue weighted by atomic mass is 32.1. The first-order valence-electron chi connectivity index (χ1n) is 10.9. The van der Waals surface area contributed by atoms with Crippen molar-refractivity contribution in [1.29, 1.82) is 0 Å². The van der Waals surface area contributed by atoms with Crippen LogP contribution in [0.3, 0.4) is 0 Å². The predicted octanol–water partition coefficient (Wildman–Crippen LogP) is 3.87. The monoisotopic (exact) mass is 429 g/mol. The Morgan fingerprint density at radius 2 is 1.83 bits per heavy atom. The van der Waals surface area contributed by atoms with Crippen LogP contribution in [0, 0.1) is 0 Å². The summed E-state index contributed by atoms with van der Waals surface area (Å²) in [6.07, 6.45) is 8.89. The highest BCUT2D eigenvalue weighted by molar-refractivity contribution is 7.09. The van der Waals surface area contributed by atoms with Gasteiger partial charge in [0.15, 0.2) is 0 Å². The molecule has 1 atom stereocenters. The van der Waals surface area contributed by atoms with Gasteiger partial charge in [0.1, 0.15) is 11.1 Å². The molecule has 0 spiro atoms. The lowest BCUT2D eigenvalue weighted by molar-refractivity contribution is 0.0759. The van der Waals surface area contributed by atoms with Crippen LogP contribution < -0.4 is 10.7 Å². The zero-order valence-electron chi connectivity index (χ0n) is 17.9. The van der Waals surface area contributed by atoms with Gasteiger partial charge in [-0.3, -0.25) is 14.4 Å². The van der Waals surface area contributed by atoms with Crippen molar-refractivity contribution in [3.8, 4) is 0 Å². The molecule has 2 amide bonds. The van der Waals surface area contributed by atoms with Crippen LogP contribution in [0.15, 0.2) is 34.7 Å². The second-order valence-corrected chi connectivity index (χ2v) is 8.94. The molecule has 0 radical (unpaired) electrons. The zero-order chi connectivity index (χ0) is 21.5. The lowest BCUT2D eigenvalue weighted by Crippen LogP contribution is -2.38. The molecule has 1 saturated heterocycles. The first-order valence-corrected chi connectivity index (χ1v) is 11.7. The third-order valence-corrected chi connectivity index (χ3v) is 6.69. The Hall–Kier alpha value is -2.41. The molecule has 0 aromatic carbocycles. The lowest BCUT2D eigenvalue weighted by Gasteiger charge is -2.22. The number of aromatic nitrogens is 1. The van der Waals surface area contributed by atoms with Gasteiger partial charge in [0.25, 0.3) is 11.8 Å². The SMILES string of the molecule is CC[C@H](C)n1cc(C(=O)NCCc2cccs2)c(=O)c(C(=O)N2CCCCCC2)c1. The van der Waals surface area contributed by atoms with E-state index >= 15 is 0 Å². The fraction of sp³-hybridized carbons (Fsp3) is 0.522. The summed E-state index contributed by atoms with van der Waals surface area (Å²) in [7, 11) is 0. The van der Waals surface area contributed by atoms with Crippen LogP contribution in [0.5, 0.6) is 0 Å². The Kier molecular flexibility index (Phi) is 7.85. The van der Waals surface area contributed by atoms with E-state index in [2.05, 4.69) is 5.32 Å². The summed E-state index contributed by atoms with van der Waals surface area (Å²) in [6, 6.07) is 4.08. The minimum Gasteiger partial charge on any atom is -0.352 e. The van der Waals surface area contributed by atoms with E-state index in [1.54, 1.807) is 28.6 Å². The molecule has 0 unspecified atom stereocenters. The quantitative estimate of drug-likeness (QED) is 0.726. The summed E-state index contributed by atoms with van der Waals surface area (Å²) in [5.74, 6) is -0.675. The molecule has 0 saturated carbocycles. The molecule has 162 valence electrons. The van der Waals surface area contributed by atoms with Crippen LogP contribution in [-0.4, -0.2) is 40.9 Å². The van der Waals surface area contributed by atoms with E-state index < -0.39 is 11.3 Å². The van der Waals surface area contributed by atoms with Gasteiger partial charge in [-0.2, -0.15) is 0 Å². The maximum atomic E-state index is 13.2. The molecule has 7 heteroatoms. The van der Waals surface area contributed by atoms with Gasteiger partial charge in [-0.25, -0.2) is 0 Å². The fourth-order valence-electron chi connectivity index (χ4n) is 3.67. The van der Waals surface area contributed by atoms with E-state index in [1.807, 2.05) is 35.9 Å². The molecule has 1 fully saturated rings. The second-order valence-electron chi connectivity index (χ2n) is 7.91. The molecule has 2 aromatic rings. The Morgan fingerprint density at radius 1 is 1.13 bits per heavy atom. The number of hydrogen-bond acceptors (Lipinski definition) is 4. The van der Waals surface area contributed by atoms with Crippen LogP contribution in [0.2, 0.25) is 0 Å². The first-order chi connectivity index (χ1) is 14.5. The molecule has 0 aliphatic carbocycles. The van der Waals surface area contributed by atoms with Gasteiger partial charge in [0.05, 0.1) is 0 Å². The Labute approximate surface area is 181 Å². The predicted molar refractivity (Wildman–Crippen MR) is 120 cm³/mol. The molecular weight excluding hydrogens is 398 g/mol. The Bertz CT molecular complexity index is 912. The van der Waals surface area contributed by atoms with Crippen LogP contribution in [0.25, 0.3) is 0 Å². The van der Waals surface area contributed by atoms with Crippen molar-refractivity contribution in [3.05, 3.63) is 56.1 Å². The highest BCUT2D eigenvalue weighted by Crippen LogP contribution is 2.15. The van der Waals surface area contributed by atoms with Gasteiger partial charge in [-0.15, -0.1) is 11.3 Å². The molecule has 6 nitrogen and oxygen atoms in total. The largest absolute Gasteiger partial charge is 0.352 e. The summed E-state index contributed by atoms with van der Waals surface area (Å²) in [5.41, 5.74) is -0.331. The topological polar surface area (TPSA) is 71.4 Å². The third kappa shape index (κ3) is 5.39. The lowest BCUT2D eigenvalue weighted by atomic mass is 10.1. The molecule has 1 N–H and O–H groups in total. The fourth-order valence-corrected chi connectivity index (χ4v) is 4.38. The first kappa shape index (κ1) is 22.3. The van der Waals surface area contributed by atoms with Crippen molar-refractivity contribution >= 4 is 23.2 Å². The van der Waals surface area contributed by atoms with Gasteiger partial charge in [0, 0.05) is 42.9 Å². The minimum atomic E-state index is -0.475. The maximum absolute atomic E-state index is 13.2. The van der Waals surface area contributed by atoms with Crippen molar-refractivity contribution < 1.29 is 9.59 Å². The van der Waals surface area contributed by atoms with Crippen molar-refractivity contribution in [1.82, 2.24) is 14.8 Å². The van der Waals surface area contributed by atoms with Crippen LogP contribution in [-0.2, 0) is 6.42 Å². The number of pyridine rings is 1. The Balaban J connectivity index is 1.85. The average molecular weight is 430 g/mol. The van der Waals surface area contributed by atoms with Crippen molar-refractivity contribution in [2.45, 2.75) is 58.4 Å². The molecule has 30 heavy (non-hydrogen) atoms. The molecular formula is C23H31N3O3S. The number of hydrogen-bond donors (Lipinski definition) is 1.